The molecule has 0 aliphatic heterocycles. The summed E-state index contributed by atoms with van der Waals surface area (Å²) in [5.74, 6) is -0.697. The van der Waals surface area contributed by atoms with Crippen LogP contribution in [0.3, 0.4) is 0 Å². The van der Waals surface area contributed by atoms with E-state index in [9.17, 15) is 4.79 Å². The summed E-state index contributed by atoms with van der Waals surface area (Å²) in [6.45, 7) is 1.80. The van der Waals surface area contributed by atoms with Crippen molar-refractivity contribution in [3.63, 3.8) is 0 Å². The first-order chi connectivity index (χ1) is 6.07. The Morgan fingerprint density at radius 1 is 1.54 bits per heavy atom. The molecule has 4 nitrogen and oxygen atoms in total. The van der Waals surface area contributed by atoms with E-state index in [1.165, 1.54) is 0 Å². The number of carboxylic acids is 1. The van der Waals surface area contributed by atoms with Gasteiger partial charge in [0.05, 0.1) is 0 Å². The normalized spacial score (nSPS) is 19.0. The van der Waals surface area contributed by atoms with Gasteiger partial charge in [-0.25, -0.2) is 0 Å². The second kappa shape index (κ2) is 4.07. The van der Waals surface area contributed by atoms with Crippen LogP contribution in [0.4, 0.5) is 0 Å². The second-order valence-corrected chi connectivity index (χ2v) is 3.97. The van der Waals surface area contributed by atoms with Gasteiger partial charge in [-0.1, -0.05) is 0 Å². The number of carbonyl (C=O) groups is 1. The van der Waals surface area contributed by atoms with Gasteiger partial charge in [0.1, 0.15) is 5.54 Å². The van der Waals surface area contributed by atoms with Crippen molar-refractivity contribution in [3.05, 3.63) is 0 Å². The van der Waals surface area contributed by atoms with E-state index in [1.54, 1.807) is 0 Å². The van der Waals surface area contributed by atoms with E-state index in [0.29, 0.717) is 0 Å². The molecule has 0 heterocycles. The molecule has 0 radical (unpaired) electrons. The zero-order chi connectivity index (χ0) is 9.90. The summed E-state index contributed by atoms with van der Waals surface area (Å²) in [4.78, 5) is 12.8. The van der Waals surface area contributed by atoms with Gasteiger partial charge in [-0.2, -0.15) is 0 Å². The minimum absolute atomic E-state index is 0.563. The minimum atomic E-state index is -0.697. The summed E-state index contributed by atoms with van der Waals surface area (Å²) >= 11 is 0. The van der Waals surface area contributed by atoms with Crippen molar-refractivity contribution in [2.24, 2.45) is 0 Å². The van der Waals surface area contributed by atoms with Gasteiger partial charge in [-0.15, -0.1) is 0 Å². The number of aliphatic carboxylic acids is 1. The molecule has 2 N–H and O–H groups in total. The smallest absolute Gasteiger partial charge is 0.323 e. The molecule has 0 aromatic heterocycles. The van der Waals surface area contributed by atoms with Crippen molar-refractivity contribution in [1.29, 1.82) is 0 Å². The van der Waals surface area contributed by atoms with Crippen LogP contribution in [0.5, 0.6) is 0 Å². The van der Waals surface area contributed by atoms with Gasteiger partial charge in [0.15, 0.2) is 0 Å². The molecule has 13 heavy (non-hydrogen) atoms. The fourth-order valence-corrected chi connectivity index (χ4v) is 1.31. The third-order valence-corrected chi connectivity index (χ3v) is 2.40. The molecule has 1 aliphatic carbocycles. The van der Waals surface area contributed by atoms with E-state index in [2.05, 4.69) is 10.2 Å². The van der Waals surface area contributed by atoms with E-state index in [4.69, 9.17) is 5.11 Å². The molecular weight excluding hydrogens is 168 g/mol. The lowest BCUT2D eigenvalue weighted by Gasteiger charge is -2.13. The number of nitrogens with zero attached hydrogens (tertiary/aromatic N) is 1. The molecule has 4 heteroatoms. The molecule has 0 atom stereocenters. The zero-order valence-electron chi connectivity index (χ0n) is 8.34. The van der Waals surface area contributed by atoms with Crippen molar-refractivity contribution >= 4 is 5.97 Å². The fourth-order valence-electron chi connectivity index (χ4n) is 1.31. The Morgan fingerprint density at radius 2 is 2.15 bits per heavy atom. The maximum Gasteiger partial charge on any atom is 0.323 e. The molecule has 0 aromatic carbocycles. The number of rotatable bonds is 6. The Hall–Kier alpha value is -0.610. The molecule has 0 amide bonds. The highest BCUT2D eigenvalue weighted by Crippen LogP contribution is 2.35. The first kappa shape index (κ1) is 10.5. The van der Waals surface area contributed by atoms with Crippen LogP contribution in [0, 0.1) is 0 Å². The predicted molar refractivity (Wildman–Crippen MR) is 50.8 cm³/mol. The SMILES string of the molecule is CN(C)CCCNC1(C(=O)O)CC1. The van der Waals surface area contributed by atoms with Crippen LogP contribution in [0.15, 0.2) is 0 Å². The van der Waals surface area contributed by atoms with Gasteiger partial charge in [0, 0.05) is 0 Å². The van der Waals surface area contributed by atoms with Gasteiger partial charge in [0.2, 0.25) is 0 Å². The number of hydrogen-bond acceptors (Lipinski definition) is 3. The van der Waals surface area contributed by atoms with Crippen LogP contribution in [-0.2, 0) is 4.79 Å². The minimum Gasteiger partial charge on any atom is -0.480 e. The highest BCUT2D eigenvalue weighted by atomic mass is 16.4. The molecule has 0 bridgehead atoms. The van der Waals surface area contributed by atoms with Crippen LogP contribution in [-0.4, -0.2) is 48.7 Å². The van der Waals surface area contributed by atoms with Gasteiger partial charge >= 0.3 is 5.97 Å². The Bertz CT molecular complexity index is 188. The summed E-state index contributed by atoms with van der Waals surface area (Å²) in [7, 11) is 4.04. The average Bonchev–Trinajstić information content (AvgIpc) is 2.78. The van der Waals surface area contributed by atoms with Gasteiger partial charge in [0.25, 0.3) is 0 Å². The summed E-state index contributed by atoms with van der Waals surface area (Å²) in [6.07, 6.45) is 2.57. The predicted octanol–water partition coefficient (Wildman–Crippen LogP) is 0.145. The van der Waals surface area contributed by atoms with E-state index in [1.807, 2.05) is 14.1 Å². The Kier molecular flexibility index (Phi) is 3.27. The second-order valence-electron chi connectivity index (χ2n) is 3.97. The largest absolute Gasteiger partial charge is 0.480 e. The van der Waals surface area contributed by atoms with Crippen molar-refractivity contribution in [3.8, 4) is 0 Å². The first-order valence-corrected chi connectivity index (χ1v) is 4.70. The molecule has 0 spiro atoms. The van der Waals surface area contributed by atoms with Crippen molar-refractivity contribution < 1.29 is 9.90 Å². The topological polar surface area (TPSA) is 52.6 Å². The number of hydrogen-bond donors (Lipinski definition) is 2. The van der Waals surface area contributed by atoms with Crippen LogP contribution < -0.4 is 5.32 Å². The maximum absolute atomic E-state index is 10.7. The summed E-state index contributed by atoms with van der Waals surface area (Å²) in [5.41, 5.74) is -0.563. The van der Waals surface area contributed by atoms with Gasteiger partial charge in [-0.3, -0.25) is 4.79 Å². The van der Waals surface area contributed by atoms with Crippen LogP contribution in [0.2, 0.25) is 0 Å². The monoisotopic (exact) mass is 186 g/mol. The molecular formula is C9H18N2O2. The molecule has 1 saturated carbocycles. The molecule has 0 saturated heterocycles. The lowest BCUT2D eigenvalue weighted by atomic mass is 10.2. The summed E-state index contributed by atoms with van der Waals surface area (Å²) < 4.78 is 0. The van der Waals surface area contributed by atoms with Crippen LogP contribution in [0.1, 0.15) is 19.3 Å². The highest BCUT2D eigenvalue weighted by molar-refractivity contribution is 5.82. The molecule has 0 unspecified atom stereocenters. The van der Waals surface area contributed by atoms with Crippen LogP contribution in [0.25, 0.3) is 0 Å². The Labute approximate surface area is 78.9 Å². The molecule has 1 aliphatic rings. The maximum atomic E-state index is 10.7. The van der Waals surface area contributed by atoms with Crippen molar-refractivity contribution in [2.75, 3.05) is 27.2 Å². The van der Waals surface area contributed by atoms with Crippen LogP contribution >= 0.6 is 0 Å². The number of carboxylic acid groups (broad SMARTS) is 1. The van der Waals surface area contributed by atoms with Crippen molar-refractivity contribution in [2.45, 2.75) is 24.8 Å². The zero-order valence-corrected chi connectivity index (χ0v) is 8.34. The van der Waals surface area contributed by atoms with Gasteiger partial charge < -0.3 is 15.3 Å². The summed E-state index contributed by atoms with van der Waals surface area (Å²) in [5, 5.41) is 11.9. The first-order valence-electron chi connectivity index (χ1n) is 4.70. The third kappa shape index (κ3) is 2.97. The van der Waals surface area contributed by atoms with E-state index in [-0.39, 0.29) is 0 Å². The van der Waals surface area contributed by atoms with E-state index in [0.717, 1.165) is 32.4 Å². The lowest BCUT2D eigenvalue weighted by Crippen LogP contribution is -2.40. The fraction of sp³-hybridized carbons (Fsp3) is 0.889. The Morgan fingerprint density at radius 3 is 2.54 bits per heavy atom. The highest BCUT2D eigenvalue weighted by Gasteiger charge is 2.49. The molecule has 1 rings (SSSR count). The molecule has 1 fully saturated rings. The summed E-state index contributed by atoms with van der Waals surface area (Å²) in [6, 6.07) is 0. The Balaban J connectivity index is 2.09. The quantitative estimate of drug-likeness (QED) is 0.580. The van der Waals surface area contributed by atoms with Gasteiger partial charge in [-0.05, 0) is 46.4 Å². The standard InChI is InChI=1S/C9H18N2O2/c1-11(2)7-3-6-10-9(4-5-9)8(12)13/h10H,3-7H2,1-2H3,(H,12,13). The third-order valence-electron chi connectivity index (χ3n) is 2.40. The molecule has 76 valence electrons. The lowest BCUT2D eigenvalue weighted by molar-refractivity contribution is -0.140. The van der Waals surface area contributed by atoms with Crippen molar-refractivity contribution in [1.82, 2.24) is 10.2 Å². The molecule has 0 aromatic rings. The van der Waals surface area contributed by atoms with E-state index < -0.39 is 11.5 Å². The number of nitrogens with one attached hydrogen (secondary N) is 1. The average molecular weight is 186 g/mol. The van der Waals surface area contributed by atoms with E-state index >= 15 is 0 Å².